The van der Waals surface area contributed by atoms with Crippen LogP contribution in [0.4, 0.5) is 0 Å². The molecule has 2 aromatic carbocycles. The van der Waals surface area contributed by atoms with E-state index in [2.05, 4.69) is 39.0 Å². The van der Waals surface area contributed by atoms with E-state index in [1.54, 1.807) is 11.8 Å². The summed E-state index contributed by atoms with van der Waals surface area (Å²) in [6, 6.07) is 17.7. The Morgan fingerprint density at radius 3 is 2.59 bits per heavy atom. The highest BCUT2D eigenvalue weighted by Crippen LogP contribution is 2.28. The van der Waals surface area contributed by atoms with Gasteiger partial charge in [-0.15, -0.1) is 10.2 Å². The molecule has 0 saturated carbocycles. The number of benzene rings is 2. The molecule has 0 amide bonds. The molecule has 136 valence electrons. The van der Waals surface area contributed by atoms with E-state index >= 15 is 0 Å². The van der Waals surface area contributed by atoms with Gasteiger partial charge in [0, 0.05) is 16.7 Å². The highest BCUT2D eigenvalue weighted by atomic mass is 35.5. The molecule has 5 nitrogen and oxygen atoms in total. The van der Waals surface area contributed by atoms with Crippen LogP contribution in [0.1, 0.15) is 17.1 Å². The van der Waals surface area contributed by atoms with Gasteiger partial charge in [-0.3, -0.25) is 4.57 Å². The van der Waals surface area contributed by atoms with Crippen LogP contribution in [-0.4, -0.2) is 19.9 Å². The van der Waals surface area contributed by atoms with Crippen LogP contribution in [0, 0.1) is 13.8 Å². The highest BCUT2D eigenvalue weighted by molar-refractivity contribution is 7.98. The van der Waals surface area contributed by atoms with Gasteiger partial charge >= 0.3 is 0 Å². The van der Waals surface area contributed by atoms with Gasteiger partial charge in [0.25, 0.3) is 0 Å². The van der Waals surface area contributed by atoms with E-state index < -0.39 is 0 Å². The van der Waals surface area contributed by atoms with Gasteiger partial charge < -0.3 is 4.52 Å². The molecule has 0 radical (unpaired) electrons. The van der Waals surface area contributed by atoms with Gasteiger partial charge in [-0.1, -0.05) is 58.9 Å². The van der Waals surface area contributed by atoms with E-state index in [1.807, 2.05) is 49.4 Å². The summed E-state index contributed by atoms with van der Waals surface area (Å²) in [5.41, 5.74) is 4.02. The number of para-hydroxylation sites is 1. The molecule has 0 aliphatic heterocycles. The summed E-state index contributed by atoms with van der Waals surface area (Å²) in [5, 5.41) is 14.2. The molecule has 7 heteroatoms. The fraction of sp³-hybridized carbons (Fsp3) is 0.150. The summed E-state index contributed by atoms with van der Waals surface area (Å²) in [6.07, 6.45) is 0. The lowest BCUT2D eigenvalue weighted by molar-refractivity contribution is 0.397. The zero-order chi connectivity index (χ0) is 18.8. The Morgan fingerprint density at radius 2 is 1.81 bits per heavy atom. The normalized spacial score (nSPS) is 11.1. The second-order valence-corrected chi connectivity index (χ2v) is 7.50. The zero-order valence-electron chi connectivity index (χ0n) is 14.9. The van der Waals surface area contributed by atoms with Gasteiger partial charge in [0.05, 0.1) is 11.4 Å². The van der Waals surface area contributed by atoms with Crippen molar-refractivity contribution in [2.24, 2.45) is 0 Å². The second kappa shape index (κ2) is 7.58. The number of aromatic nitrogens is 4. The van der Waals surface area contributed by atoms with Crippen molar-refractivity contribution in [3.63, 3.8) is 0 Å². The molecular formula is C20H17ClN4OS. The molecule has 0 N–H and O–H groups in total. The van der Waals surface area contributed by atoms with Crippen molar-refractivity contribution in [3.05, 3.63) is 76.8 Å². The molecule has 0 spiro atoms. The molecule has 0 unspecified atom stereocenters. The molecule has 0 aliphatic carbocycles. The molecule has 27 heavy (non-hydrogen) atoms. The van der Waals surface area contributed by atoms with Crippen LogP contribution in [0.2, 0.25) is 5.02 Å². The van der Waals surface area contributed by atoms with Crippen molar-refractivity contribution in [2.45, 2.75) is 24.8 Å². The third-order valence-corrected chi connectivity index (χ3v) is 5.40. The molecule has 2 aromatic heterocycles. The number of rotatable bonds is 5. The highest BCUT2D eigenvalue weighted by Gasteiger charge is 2.15. The van der Waals surface area contributed by atoms with Crippen molar-refractivity contribution in [1.29, 1.82) is 0 Å². The molecule has 2 heterocycles. The average Bonchev–Trinajstić information content (AvgIpc) is 3.28. The minimum Gasteiger partial charge on any atom is -0.360 e. The molecule has 0 bridgehead atoms. The van der Waals surface area contributed by atoms with Crippen LogP contribution in [0.3, 0.4) is 0 Å². The number of nitrogens with zero attached hydrogens (tertiary/aromatic N) is 4. The standard InChI is InChI=1S/C20H17ClN4OS/c1-13-5-3-4-6-19(13)25-14(2)22-23-20(25)27-12-17-11-18(24-26-17)15-7-9-16(21)10-8-15/h3-11H,12H2,1-2H3. The van der Waals surface area contributed by atoms with Crippen LogP contribution in [-0.2, 0) is 5.75 Å². The minimum atomic E-state index is 0.616. The summed E-state index contributed by atoms with van der Waals surface area (Å²) < 4.78 is 7.55. The SMILES string of the molecule is Cc1ccccc1-n1c(C)nnc1SCc1cc(-c2ccc(Cl)cc2)no1. The summed E-state index contributed by atoms with van der Waals surface area (Å²) in [6.45, 7) is 4.04. The lowest BCUT2D eigenvalue weighted by Gasteiger charge is -2.10. The van der Waals surface area contributed by atoms with Gasteiger partial charge in [0.2, 0.25) is 0 Å². The Hall–Kier alpha value is -2.57. The molecule has 0 fully saturated rings. The maximum atomic E-state index is 5.94. The Kier molecular flexibility index (Phi) is 5.01. The molecular weight excluding hydrogens is 380 g/mol. The largest absolute Gasteiger partial charge is 0.360 e. The fourth-order valence-electron chi connectivity index (χ4n) is 2.80. The van der Waals surface area contributed by atoms with E-state index in [0.29, 0.717) is 10.8 Å². The second-order valence-electron chi connectivity index (χ2n) is 6.13. The number of hydrogen-bond acceptors (Lipinski definition) is 5. The number of hydrogen-bond donors (Lipinski definition) is 0. The van der Waals surface area contributed by atoms with Crippen LogP contribution in [0.5, 0.6) is 0 Å². The first kappa shape index (κ1) is 17.8. The van der Waals surface area contributed by atoms with E-state index in [0.717, 1.165) is 33.7 Å². The molecule has 0 atom stereocenters. The van der Waals surface area contributed by atoms with E-state index in [1.165, 1.54) is 5.56 Å². The summed E-state index contributed by atoms with van der Waals surface area (Å²) >= 11 is 7.51. The average molecular weight is 397 g/mol. The maximum Gasteiger partial charge on any atom is 0.196 e. The predicted molar refractivity (Wildman–Crippen MR) is 107 cm³/mol. The topological polar surface area (TPSA) is 56.7 Å². The summed E-state index contributed by atoms with van der Waals surface area (Å²) in [5.74, 6) is 2.25. The molecule has 4 aromatic rings. The van der Waals surface area contributed by atoms with Crippen molar-refractivity contribution < 1.29 is 4.52 Å². The first-order valence-corrected chi connectivity index (χ1v) is 9.80. The van der Waals surface area contributed by atoms with Crippen molar-refractivity contribution in [3.8, 4) is 16.9 Å². The van der Waals surface area contributed by atoms with E-state index in [9.17, 15) is 0 Å². The van der Waals surface area contributed by atoms with Gasteiger partial charge in [-0.25, -0.2) is 0 Å². The summed E-state index contributed by atoms with van der Waals surface area (Å²) in [4.78, 5) is 0. The Labute approximate surface area is 166 Å². The lowest BCUT2D eigenvalue weighted by Crippen LogP contribution is -2.01. The van der Waals surface area contributed by atoms with Crippen LogP contribution in [0.15, 0.2) is 64.3 Å². The van der Waals surface area contributed by atoms with Crippen molar-refractivity contribution in [1.82, 2.24) is 19.9 Å². The van der Waals surface area contributed by atoms with Crippen LogP contribution in [0.25, 0.3) is 16.9 Å². The van der Waals surface area contributed by atoms with Crippen LogP contribution >= 0.6 is 23.4 Å². The summed E-state index contributed by atoms with van der Waals surface area (Å²) in [7, 11) is 0. The Bertz CT molecular complexity index is 1070. The van der Waals surface area contributed by atoms with Gasteiger partial charge in [-0.05, 0) is 37.6 Å². The van der Waals surface area contributed by atoms with Crippen molar-refractivity contribution >= 4 is 23.4 Å². The van der Waals surface area contributed by atoms with Gasteiger partial charge in [0.1, 0.15) is 17.3 Å². The van der Waals surface area contributed by atoms with Gasteiger partial charge in [0.15, 0.2) is 5.16 Å². The third-order valence-electron chi connectivity index (χ3n) is 4.19. The van der Waals surface area contributed by atoms with Crippen molar-refractivity contribution in [2.75, 3.05) is 0 Å². The fourth-order valence-corrected chi connectivity index (χ4v) is 3.79. The number of aryl methyl sites for hydroxylation is 2. The molecule has 0 saturated heterocycles. The van der Waals surface area contributed by atoms with Crippen LogP contribution < -0.4 is 0 Å². The minimum absolute atomic E-state index is 0.616. The first-order chi connectivity index (χ1) is 13.1. The Morgan fingerprint density at radius 1 is 1.04 bits per heavy atom. The smallest absolute Gasteiger partial charge is 0.196 e. The lowest BCUT2D eigenvalue weighted by atomic mass is 10.1. The predicted octanol–water partition coefficient (Wildman–Crippen LogP) is 5.48. The monoisotopic (exact) mass is 396 g/mol. The maximum absolute atomic E-state index is 5.94. The first-order valence-electron chi connectivity index (χ1n) is 8.44. The molecule has 4 rings (SSSR count). The molecule has 0 aliphatic rings. The number of halogens is 1. The Balaban J connectivity index is 1.54. The van der Waals surface area contributed by atoms with E-state index in [4.69, 9.17) is 16.1 Å². The zero-order valence-corrected chi connectivity index (χ0v) is 16.5. The van der Waals surface area contributed by atoms with E-state index in [-0.39, 0.29) is 0 Å². The van der Waals surface area contributed by atoms with Gasteiger partial charge in [-0.2, -0.15) is 0 Å². The number of thioether (sulfide) groups is 1. The third kappa shape index (κ3) is 3.77. The quantitative estimate of drug-likeness (QED) is 0.418.